The van der Waals surface area contributed by atoms with Crippen molar-refractivity contribution in [2.24, 2.45) is 11.3 Å². The highest BCUT2D eigenvalue weighted by Crippen LogP contribution is 2.52. The van der Waals surface area contributed by atoms with Gasteiger partial charge in [0.2, 0.25) is 0 Å². The summed E-state index contributed by atoms with van der Waals surface area (Å²) in [5.74, 6) is 0.783. The van der Waals surface area contributed by atoms with E-state index in [2.05, 4.69) is 37.9 Å². The second kappa shape index (κ2) is 4.79. The number of rotatable bonds is 5. The summed E-state index contributed by atoms with van der Waals surface area (Å²) < 4.78 is 0. The summed E-state index contributed by atoms with van der Waals surface area (Å²) in [6, 6.07) is 10.4. The maximum Gasteiger partial charge on any atom is 0.0628 e. The molecule has 0 heterocycles. The fraction of sp³-hybridized carbons (Fsp3) is 0.600. The molecule has 1 saturated carbocycles. The normalized spacial score (nSPS) is 23.7. The summed E-state index contributed by atoms with van der Waals surface area (Å²) >= 11 is 0. The van der Waals surface area contributed by atoms with Crippen molar-refractivity contribution in [3.63, 3.8) is 0 Å². The third kappa shape index (κ3) is 2.88. The van der Waals surface area contributed by atoms with Crippen LogP contribution in [0.1, 0.15) is 31.9 Å². The molecule has 1 fully saturated rings. The summed E-state index contributed by atoms with van der Waals surface area (Å²) in [6.45, 7) is 5.91. The van der Waals surface area contributed by atoms with E-state index >= 15 is 0 Å². The van der Waals surface area contributed by atoms with Crippen LogP contribution in [0, 0.1) is 11.3 Å². The molecule has 0 saturated heterocycles. The lowest BCUT2D eigenvalue weighted by atomic mass is 10.1. The molecule has 2 heteroatoms. The van der Waals surface area contributed by atoms with E-state index in [0.717, 1.165) is 12.5 Å². The maximum absolute atomic E-state index is 9.57. The molecule has 94 valence electrons. The first-order chi connectivity index (χ1) is 8.04. The number of likely N-dealkylation sites (N-methyl/N-ethyl adjacent to an activating group) is 1. The van der Waals surface area contributed by atoms with E-state index in [-0.39, 0.29) is 12.6 Å². The Balaban J connectivity index is 1.99. The molecule has 1 aliphatic carbocycles. The van der Waals surface area contributed by atoms with Crippen LogP contribution in [0.25, 0.3) is 0 Å². The zero-order valence-corrected chi connectivity index (χ0v) is 11.1. The van der Waals surface area contributed by atoms with Gasteiger partial charge in [-0.05, 0) is 30.4 Å². The summed E-state index contributed by atoms with van der Waals surface area (Å²) in [6.07, 6.45) is 1.31. The van der Waals surface area contributed by atoms with Crippen molar-refractivity contribution in [1.82, 2.24) is 4.90 Å². The van der Waals surface area contributed by atoms with Gasteiger partial charge in [-0.15, -0.1) is 0 Å². The number of aliphatic hydroxyl groups is 1. The third-order valence-electron chi connectivity index (χ3n) is 4.12. The van der Waals surface area contributed by atoms with E-state index < -0.39 is 0 Å². The summed E-state index contributed by atoms with van der Waals surface area (Å²) in [7, 11) is 2.11. The minimum atomic E-state index is 0.132. The third-order valence-corrected chi connectivity index (χ3v) is 4.12. The average Bonchev–Trinajstić information content (AvgIpc) is 2.88. The molecule has 0 unspecified atom stereocenters. The van der Waals surface area contributed by atoms with Crippen LogP contribution < -0.4 is 0 Å². The van der Waals surface area contributed by atoms with Gasteiger partial charge in [-0.3, -0.25) is 4.90 Å². The molecule has 0 aliphatic heterocycles. The van der Waals surface area contributed by atoms with Crippen LogP contribution >= 0.6 is 0 Å². The molecule has 1 aromatic rings. The van der Waals surface area contributed by atoms with E-state index in [1.165, 1.54) is 12.0 Å². The molecule has 1 aromatic carbocycles. The number of aliphatic hydroxyl groups excluding tert-OH is 1. The maximum atomic E-state index is 9.57. The number of benzene rings is 1. The van der Waals surface area contributed by atoms with Crippen LogP contribution in [0.5, 0.6) is 0 Å². The lowest BCUT2D eigenvalue weighted by molar-refractivity contribution is 0.140. The first-order valence-corrected chi connectivity index (χ1v) is 6.40. The molecule has 1 aliphatic rings. The van der Waals surface area contributed by atoms with E-state index in [1.807, 2.05) is 18.2 Å². The van der Waals surface area contributed by atoms with E-state index in [1.54, 1.807) is 0 Å². The molecule has 17 heavy (non-hydrogen) atoms. The Labute approximate surface area is 104 Å². The van der Waals surface area contributed by atoms with Crippen LogP contribution in [0.3, 0.4) is 0 Å². The fourth-order valence-corrected chi connectivity index (χ4v) is 2.54. The molecular formula is C15H23NO. The first kappa shape index (κ1) is 12.6. The molecule has 0 bridgehead atoms. The van der Waals surface area contributed by atoms with Crippen molar-refractivity contribution in [2.45, 2.75) is 26.3 Å². The Hall–Kier alpha value is -0.860. The predicted molar refractivity (Wildman–Crippen MR) is 70.8 cm³/mol. The highest BCUT2D eigenvalue weighted by atomic mass is 16.3. The predicted octanol–water partition coefficient (Wildman–Crippen LogP) is 2.70. The van der Waals surface area contributed by atoms with Gasteiger partial charge < -0.3 is 5.11 Å². The number of hydrogen-bond acceptors (Lipinski definition) is 2. The molecule has 0 amide bonds. The van der Waals surface area contributed by atoms with Crippen molar-refractivity contribution >= 4 is 0 Å². The van der Waals surface area contributed by atoms with Crippen LogP contribution in [-0.2, 0) is 0 Å². The smallest absolute Gasteiger partial charge is 0.0628 e. The lowest BCUT2D eigenvalue weighted by Gasteiger charge is -2.27. The van der Waals surface area contributed by atoms with E-state index in [4.69, 9.17) is 0 Å². The number of nitrogens with zero attached hydrogens (tertiary/aromatic N) is 1. The minimum absolute atomic E-state index is 0.132. The Morgan fingerprint density at radius 2 is 1.94 bits per heavy atom. The second-order valence-corrected chi connectivity index (χ2v) is 5.94. The standard InChI is InChI=1S/C15H23NO/c1-15(2)9-13(15)10-16(3)14(11-17)12-7-5-4-6-8-12/h4-8,13-14,17H,9-11H2,1-3H3/t13-,14-/m1/s1. The molecule has 0 spiro atoms. The Bertz CT molecular complexity index is 360. The van der Waals surface area contributed by atoms with Gasteiger partial charge in [-0.25, -0.2) is 0 Å². The SMILES string of the molecule is CN(C[C@H]1CC1(C)C)[C@H](CO)c1ccccc1. The summed E-state index contributed by atoms with van der Waals surface area (Å²) in [4.78, 5) is 2.29. The topological polar surface area (TPSA) is 23.5 Å². The highest BCUT2D eigenvalue weighted by molar-refractivity contribution is 5.19. The summed E-state index contributed by atoms with van der Waals surface area (Å²) in [5.41, 5.74) is 1.71. The molecule has 2 rings (SSSR count). The Morgan fingerprint density at radius 1 is 1.35 bits per heavy atom. The zero-order chi connectivity index (χ0) is 12.5. The van der Waals surface area contributed by atoms with Gasteiger partial charge in [0.1, 0.15) is 0 Å². The molecular weight excluding hydrogens is 210 g/mol. The van der Waals surface area contributed by atoms with Crippen molar-refractivity contribution in [3.05, 3.63) is 35.9 Å². The Morgan fingerprint density at radius 3 is 2.41 bits per heavy atom. The second-order valence-electron chi connectivity index (χ2n) is 5.94. The van der Waals surface area contributed by atoms with Gasteiger partial charge >= 0.3 is 0 Å². The highest BCUT2D eigenvalue weighted by Gasteiger charge is 2.46. The lowest BCUT2D eigenvalue weighted by Crippen LogP contribution is -2.30. The van der Waals surface area contributed by atoms with Gasteiger partial charge in [0.25, 0.3) is 0 Å². The average molecular weight is 233 g/mol. The van der Waals surface area contributed by atoms with Gasteiger partial charge in [-0.2, -0.15) is 0 Å². The van der Waals surface area contributed by atoms with E-state index in [0.29, 0.717) is 5.41 Å². The van der Waals surface area contributed by atoms with Crippen LogP contribution in [0.2, 0.25) is 0 Å². The van der Waals surface area contributed by atoms with Crippen molar-refractivity contribution in [2.75, 3.05) is 20.2 Å². The summed E-state index contributed by atoms with van der Waals surface area (Å²) in [5, 5.41) is 9.57. The molecule has 2 atom stereocenters. The van der Waals surface area contributed by atoms with Gasteiger partial charge in [0.15, 0.2) is 0 Å². The molecule has 2 nitrogen and oxygen atoms in total. The van der Waals surface area contributed by atoms with Gasteiger partial charge in [0, 0.05) is 6.54 Å². The first-order valence-electron chi connectivity index (χ1n) is 6.40. The Kier molecular flexibility index (Phi) is 3.55. The van der Waals surface area contributed by atoms with Gasteiger partial charge in [0.05, 0.1) is 12.6 Å². The fourth-order valence-electron chi connectivity index (χ4n) is 2.54. The van der Waals surface area contributed by atoms with E-state index in [9.17, 15) is 5.11 Å². The van der Waals surface area contributed by atoms with Crippen molar-refractivity contribution < 1.29 is 5.11 Å². The molecule has 0 aromatic heterocycles. The molecule has 1 N–H and O–H groups in total. The minimum Gasteiger partial charge on any atom is -0.394 e. The van der Waals surface area contributed by atoms with Crippen molar-refractivity contribution in [1.29, 1.82) is 0 Å². The quantitative estimate of drug-likeness (QED) is 0.845. The van der Waals surface area contributed by atoms with Crippen molar-refractivity contribution in [3.8, 4) is 0 Å². The van der Waals surface area contributed by atoms with Crippen LogP contribution in [-0.4, -0.2) is 30.2 Å². The van der Waals surface area contributed by atoms with Gasteiger partial charge in [-0.1, -0.05) is 44.2 Å². The molecule has 0 radical (unpaired) electrons. The van der Waals surface area contributed by atoms with Crippen LogP contribution in [0.4, 0.5) is 0 Å². The zero-order valence-electron chi connectivity index (χ0n) is 11.1. The van der Waals surface area contributed by atoms with Crippen LogP contribution in [0.15, 0.2) is 30.3 Å². The largest absolute Gasteiger partial charge is 0.394 e. The monoisotopic (exact) mass is 233 g/mol. The number of hydrogen-bond donors (Lipinski definition) is 1.